The zero-order valence-electron chi connectivity index (χ0n) is 18.1. The van der Waals surface area contributed by atoms with Crippen LogP contribution in [0.2, 0.25) is 0 Å². The van der Waals surface area contributed by atoms with Crippen LogP contribution in [0.25, 0.3) is 21.9 Å². The van der Waals surface area contributed by atoms with E-state index in [0.29, 0.717) is 30.6 Å². The molecule has 1 aliphatic heterocycles. The van der Waals surface area contributed by atoms with E-state index in [2.05, 4.69) is 60.7 Å². The average molecular weight is 427 g/mol. The molecule has 0 bridgehead atoms. The monoisotopic (exact) mass is 426 g/mol. The number of methoxy groups -OCH3 is 1. The maximum Gasteiger partial charge on any atom is 0.134 e. The average Bonchev–Trinajstić information content (AvgIpc) is 3.22. The zero-order chi connectivity index (χ0) is 21.7. The minimum Gasteiger partial charge on any atom is -0.383 e. The highest BCUT2D eigenvalue weighted by atomic mass is 16.5. The Morgan fingerprint density at radius 1 is 1.12 bits per heavy atom. The van der Waals surface area contributed by atoms with Gasteiger partial charge in [-0.15, -0.1) is 0 Å². The van der Waals surface area contributed by atoms with Gasteiger partial charge in [0.15, 0.2) is 0 Å². The molecule has 6 rings (SSSR count). The van der Waals surface area contributed by atoms with Gasteiger partial charge in [-0.1, -0.05) is 11.8 Å². The van der Waals surface area contributed by atoms with Gasteiger partial charge in [-0.25, -0.2) is 9.97 Å². The lowest BCUT2D eigenvalue weighted by molar-refractivity contribution is 0.172. The Kier molecular flexibility index (Phi) is 4.63. The van der Waals surface area contributed by atoms with Gasteiger partial charge in [0.05, 0.1) is 40.4 Å². The van der Waals surface area contributed by atoms with E-state index in [1.807, 2.05) is 12.4 Å². The van der Waals surface area contributed by atoms with Gasteiger partial charge in [-0.3, -0.25) is 0 Å². The number of rotatable bonds is 4. The number of nitrogens with one attached hydrogen (secondary N) is 1. The van der Waals surface area contributed by atoms with E-state index in [1.54, 1.807) is 13.3 Å². The quantitative estimate of drug-likeness (QED) is 0.490. The van der Waals surface area contributed by atoms with Crippen molar-refractivity contribution in [1.82, 2.24) is 24.4 Å². The number of pyridine rings is 1. The number of nitrogen functional groups attached to an aromatic ring is 1. The predicted molar refractivity (Wildman–Crippen MR) is 125 cm³/mol. The lowest BCUT2D eigenvalue weighted by Crippen LogP contribution is -2.25. The Morgan fingerprint density at radius 3 is 2.88 bits per heavy atom. The molecule has 7 heteroatoms. The Hall–Kier alpha value is -3.34. The largest absolute Gasteiger partial charge is 0.383 e. The topological polar surface area (TPSA) is 82.9 Å². The molecule has 4 heterocycles. The molecule has 2 atom stereocenters. The standard InChI is InChI=1S/C25H26N6O/c1-32-14-18-11-20(12-28-18)30-13-17(24-23(30)8-9-27-25(24)26)4-2-16-3-7-22-21(10-16)29-15-31(22)19-5-6-19/h3,7-10,13,15,18-20,28H,5-6,11-12,14H2,1H3,(H2,26,27)/t18-,20?/m1/s1. The van der Waals surface area contributed by atoms with Crippen LogP contribution < -0.4 is 11.1 Å². The maximum absolute atomic E-state index is 6.28. The number of ether oxygens (including phenoxy) is 1. The first-order chi connectivity index (χ1) is 15.7. The molecule has 1 aromatic carbocycles. The summed E-state index contributed by atoms with van der Waals surface area (Å²) in [7, 11) is 1.74. The predicted octanol–water partition coefficient (Wildman–Crippen LogP) is 3.25. The molecule has 32 heavy (non-hydrogen) atoms. The Balaban J connectivity index is 1.36. The summed E-state index contributed by atoms with van der Waals surface area (Å²) in [5.41, 5.74) is 11.4. The van der Waals surface area contributed by atoms with Crippen LogP contribution in [0, 0.1) is 11.8 Å². The van der Waals surface area contributed by atoms with Crippen molar-refractivity contribution in [2.75, 3.05) is 26.0 Å². The molecule has 2 fully saturated rings. The molecule has 1 saturated carbocycles. The lowest BCUT2D eigenvalue weighted by Gasteiger charge is -2.13. The van der Waals surface area contributed by atoms with Crippen LogP contribution in [0.5, 0.6) is 0 Å². The van der Waals surface area contributed by atoms with Crippen molar-refractivity contribution in [2.24, 2.45) is 0 Å². The summed E-state index contributed by atoms with van der Waals surface area (Å²) in [4.78, 5) is 8.90. The van der Waals surface area contributed by atoms with E-state index in [1.165, 1.54) is 18.4 Å². The fourth-order valence-electron chi connectivity index (χ4n) is 4.86. The molecule has 1 unspecified atom stereocenters. The second-order valence-corrected chi connectivity index (χ2v) is 8.83. The van der Waals surface area contributed by atoms with Crippen LogP contribution in [-0.2, 0) is 4.74 Å². The van der Waals surface area contributed by atoms with E-state index in [0.717, 1.165) is 40.5 Å². The zero-order valence-corrected chi connectivity index (χ0v) is 18.1. The molecule has 0 radical (unpaired) electrons. The van der Waals surface area contributed by atoms with Crippen molar-refractivity contribution in [1.29, 1.82) is 0 Å². The second-order valence-electron chi connectivity index (χ2n) is 8.83. The van der Waals surface area contributed by atoms with E-state index >= 15 is 0 Å². The molecule has 0 spiro atoms. The maximum atomic E-state index is 6.28. The van der Waals surface area contributed by atoms with Crippen molar-refractivity contribution in [3.63, 3.8) is 0 Å². The first kappa shape index (κ1) is 19.4. The number of imidazole rings is 1. The second kappa shape index (κ2) is 7.66. The van der Waals surface area contributed by atoms with Crippen LogP contribution >= 0.6 is 0 Å². The third-order valence-corrected chi connectivity index (χ3v) is 6.59. The molecule has 7 nitrogen and oxygen atoms in total. The molecular formula is C25H26N6O. The minimum absolute atomic E-state index is 0.331. The fraction of sp³-hybridized carbons (Fsp3) is 0.360. The molecule has 1 saturated heterocycles. The number of nitrogens with zero attached hydrogens (tertiary/aromatic N) is 4. The van der Waals surface area contributed by atoms with Crippen molar-refractivity contribution in [3.05, 3.63) is 54.1 Å². The third-order valence-electron chi connectivity index (χ3n) is 6.59. The fourth-order valence-corrected chi connectivity index (χ4v) is 4.86. The van der Waals surface area contributed by atoms with E-state index in [4.69, 9.17) is 10.5 Å². The van der Waals surface area contributed by atoms with Gasteiger partial charge in [0.1, 0.15) is 5.82 Å². The lowest BCUT2D eigenvalue weighted by atomic mass is 10.1. The van der Waals surface area contributed by atoms with Crippen molar-refractivity contribution < 1.29 is 4.74 Å². The van der Waals surface area contributed by atoms with E-state index in [-0.39, 0.29) is 0 Å². The summed E-state index contributed by atoms with van der Waals surface area (Å²) >= 11 is 0. The number of nitrogens with two attached hydrogens (primary N) is 1. The van der Waals surface area contributed by atoms with Gasteiger partial charge < -0.3 is 24.9 Å². The Bertz CT molecular complexity index is 1370. The molecular weight excluding hydrogens is 400 g/mol. The number of fused-ring (bicyclic) bond motifs is 2. The number of aromatic nitrogens is 4. The number of hydrogen-bond donors (Lipinski definition) is 2. The van der Waals surface area contributed by atoms with Gasteiger partial charge in [-0.05, 0) is 43.5 Å². The smallest absolute Gasteiger partial charge is 0.134 e. The summed E-state index contributed by atoms with van der Waals surface area (Å²) in [6, 6.07) is 9.61. The SMILES string of the molecule is COC[C@H]1CC(n2cc(C#Cc3ccc4c(c3)ncn4C3CC3)c3c(N)nccc32)CN1. The van der Waals surface area contributed by atoms with Crippen molar-refractivity contribution in [2.45, 2.75) is 37.4 Å². The Morgan fingerprint density at radius 2 is 2.03 bits per heavy atom. The van der Waals surface area contributed by atoms with Gasteiger partial charge in [0, 0.05) is 49.7 Å². The highest BCUT2D eigenvalue weighted by molar-refractivity contribution is 5.95. The number of benzene rings is 1. The van der Waals surface area contributed by atoms with Gasteiger partial charge in [0.2, 0.25) is 0 Å². The van der Waals surface area contributed by atoms with Gasteiger partial charge in [0.25, 0.3) is 0 Å². The number of anilines is 1. The van der Waals surface area contributed by atoms with Gasteiger partial charge in [-0.2, -0.15) is 0 Å². The number of hydrogen-bond acceptors (Lipinski definition) is 5. The Labute approximate surface area is 186 Å². The first-order valence-electron chi connectivity index (χ1n) is 11.2. The highest BCUT2D eigenvalue weighted by Crippen LogP contribution is 2.37. The van der Waals surface area contributed by atoms with Gasteiger partial charge >= 0.3 is 0 Å². The molecule has 1 aliphatic carbocycles. The first-order valence-corrected chi connectivity index (χ1v) is 11.2. The normalized spacial score (nSPS) is 20.7. The van der Waals surface area contributed by atoms with Crippen LogP contribution in [0.3, 0.4) is 0 Å². The van der Waals surface area contributed by atoms with E-state index in [9.17, 15) is 0 Å². The van der Waals surface area contributed by atoms with Crippen LogP contribution in [-0.4, -0.2) is 45.4 Å². The molecule has 3 aromatic heterocycles. The summed E-state index contributed by atoms with van der Waals surface area (Å²) in [6.45, 7) is 1.61. The molecule has 162 valence electrons. The summed E-state index contributed by atoms with van der Waals surface area (Å²) in [5, 5.41) is 4.47. The van der Waals surface area contributed by atoms with Crippen molar-refractivity contribution >= 4 is 27.8 Å². The van der Waals surface area contributed by atoms with Crippen LogP contribution in [0.4, 0.5) is 5.82 Å². The summed E-state index contributed by atoms with van der Waals surface area (Å²) in [5.74, 6) is 7.21. The summed E-state index contributed by atoms with van der Waals surface area (Å²) < 4.78 is 9.90. The third kappa shape index (κ3) is 3.32. The highest BCUT2D eigenvalue weighted by Gasteiger charge is 2.27. The van der Waals surface area contributed by atoms with E-state index < -0.39 is 0 Å². The van der Waals surface area contributed by atoms with Crippen LogP contribution in [0.15, 0.2) is 43.0 Å². The molecule has 3 N–H and O–H groups in total. The summed E-state index contributed by atoms with van der Waals surface area (Å²) in [6.07, 6.45) is 9.34. The molecule has 4 aromatic rings. The van der Waals surface area contributed by atoms with Crippen LogP contribution in [0.1, 0.15) is 42.5 Å². The molecule has 0 amide bonds. The van der Waals surface area contributed by atoms with Crippen molar-refractivity contribution in [3.8, 4) is 11.8 Å². The minimum atomic E-state index is 0.331. The molecule has 2 aliphatic rings.